The predicted molar refractivity (Wildman–Crippen MR) is 197 cm³/mol. The van der Waals surface area contributed by atoms with Gasteiger partial charge in [-0.2, -0.15) is 0 Å². The smallest absolute Gasteiger partial charge is 0.335 e. The monoisotopic (exact) mass is 663 g/mol. The number of pyridine rings is 1. The van der Waals surface area contributed by atoms with Crippen molar-refractivity contribution in [1.29, 1.82) is 0 Å². The number of hydrogen-bond acceptors (Lipinski definition) is 3. The number of carboxylic acids is 1. The van der Waals surface area contributed by atoms with Gasteiger partial charge < -0.3 is 15.7 Å². The molecule has 0 aliphatic heterocycles. The Morgan fingerprint density at radius 3 is 2.35 bits per heavy atom. The van der Waals surface area contributed by atoms with E-state index in [2.05, 4.69) is 69.8 Å². The Hall–Kier alpha value is -3.41. The van der Waals surface area contributed by atoms with Gasteiger partial charge in [0.25, 0.3) is 0 Å². The van der Waals surface area contributed by atoms with Crippen molar-refractivity contribution in [1.82, 2.24) is 10.3 Å². The minimum absolute atomic E-state index is 0.00288. The van der Waals surface area contributed by atoms with Crippen molar-refractivity contribution in [2.75, 3.05) is 11.9 Å². The van der Waals surface area contributed by atoms with Gasteiger partial charge in [0, 0.05) is 12.7 Å². The second-order valence-corrected chi connectivity index (χ2v) is 18.0. The molecule has 262 valence electrons. The van der Waals surface area contributed by atoms with E-state index in [9.17, 15) is 14.7 Å². The summed E-state index contributed by atoms with van der Waals surface area (Å²) in [5.74, 6) is 2.00. The van der Waals surface area contributed by atoms with Crippen LogP contribution in [0.25, 0.3) is 5.57 Å². The van der Waals surface area contributed by atoms with Crippen LogP contribution in [0, 0.1) is 56.7 Å². The van der Waals surface area contributed by atoms with E-state index < -0.39 is 5.97 Å². The van der Waals surface area contributed by atoms with Crippen LogP contribution in [-0.4, -0.2) is 28.6 Å². The number of hydrogen-bond donors (Lipinski definition) is 3. The van der Waals surface area contributed by atoms with E-state index in [-0.39, 0.29) is 33.1 Å². The molecule has 0 saturated heterocycles. The molecule has 2 aromatic rings. The maximum Gasteiger partial charge on any atom is 0.335 e. The second kappa shape index (κ2) is 11.8. The number of fused-ring (bicyclic) bond motifs is 7. The number of carbonyl (C=O) groups excluding carboxylic acids is 1. The third-order valence-corrected chi connectivity index (χ3v) is 15.8. The quantitative estimate of drug-likeness (QED) is 0.268. The predicted octanol–water partition coefficient (Wildman–Crippen LogP) is 10.3. The Morgan fingerprint density at radius 1 is 0.918 bits per heavy atom. The lowest BCUT2D eigenvalue weighted by atomic mass is 9.32. The molecule has 0 spiro atoms. The molecular formula is C43H57N3O3. The van der Waals surface area contributed by atoms with E-state index in [1.54, 1.807) is 24.5 Å². The van der Waals surface area contributed by atoms with Gasteiger partial charge in [-0.25, -0.2) is 9.59 Å². The van der Waals surface area contributed by atoms with E-state index in [1.807, 2.05) is 24.3 Å². The number of anilines is 1. The highest BCUT2D eigenvalue weighted by Gasteiger charge is 2.70. The molecule has 1 aromatic heterocycles. The fourth-order valence-corrected chi connectivity index (χ4v) is 13.3. The maximum atomic E-state index is 13.1. The standard InChI is InChI=1S/C43H57N3O3/c1-27(2)31-16-21-43(26-45-38(49)46-30-9-8-24-44-25-30)23-22-41(6)33(36(31)43)14-15-35-40(5)19-17-32(28-10-12-29(13-11-28)37(47)48)39(3,4)34(40)18-20-42(35,41)7/h8-13,17,24-25,31,33-36H,1,14-16,18-23,26H2,2-7H3,(H,47,48)(H2,45,46,49). The highest BCUT2D eigenvalue weighted by Crippen LogP contribution is 2.77. The first kappa shape index (κ1) is 34.1. The van der Waals surface area contributed by atoms with Gasteiger partial charge in [-0.3, -0.25) is 4.98 Å². The van der Waals surface area contributed by atoms with Crippen molar-refractivity contribution in [3.05, 3.63) is 78.1 Å². The zero-order chi connectivity index (χ0) is 35.0. The second-order valence-electron chi connectivity index (χ2n) is 18.0. The number of aromatic carboxylic acids is 1. The van der Waals surface area contributed by atoms with Gasteiger partial charge in [0.1, 0.15) is 0 Å². The fraction of sp³-hybridized carbons (Fsp3) is 0.605. The molecule has 6 heteroatoms. The number of urea groups is 1. The number of amides is 2. The van der Waals surface area contributed by atoms with Crippen molar-refractivity contribution in [3.63, 3.8) is 0 Å². The van der Waals surface area contributed by atoms with Gasteiger partial charge in [0.05, 0.1) is 17.4 Å². The zero-order valence-corrected chi connectivity index (χ0v) is 30.6. The van der Waals surface area contributed by atoms with Crippen LogP contribution in [0.4, 0.5) is 10.5 Å². The Bertz CT molecular complexity index is 1660. The Morgan fingerprint density at radius 2 is 1.67 bits per heavy atom. The number of aromatic nitrogens is 1. The summed E-state index contributed by atoms with van der Waals surface area (Å²) in [5, 5.41) is 15.8. The summed E-state index contributed by atoms with van der Waals surface area (Å²) in [7, 11) is 0. The van der Waals surface area contributed by atoms with E-state index in [0.29, 0.717) is 35.2 Å². The molecule has 5 aliphatic rings. The lowest BCUT2D eigenvalue weighted by Gasteiger charge is -2.72. The van der Waals surface area contributed by atoms with Crippen LogP contribution in [0.15, 0.2) is 67.0 Å². The Balaban J connectivity index is 1.17. The van der Waals surface area contributed by atoms with E-state index in [0.717, 1.165) is 31.5 Å². The Labute approximate surface area is 293 Å². The molecule has 1 heterocycles. The molecule has 2 amide bonds. The number of carbonyl (C=O) groups is 2. The molecule has 5 aliphatic carbocycles. The summed E-state index contributed by atoms with van der Waals surface area (Å²) in [6.45, 7) is 20.4. The van der Waals surface area contributed by atoms with Gasteiger partial charge in [0.2, 0.25) is 0 Å². The van der Waals surface area contributed by atoms with Crippen LogP contribution in [0.2, 0.25) is 0 Å². The lowest BCUT2D eigenvalue weighted by Crippen LogP contribution is -2.66. The maximum absolute atomic E-state index is 13.1. The lowest BCUT2D eigenvalue weighted by molar-refractivity contribution is -0.224. The number of benzene rings is 1. The fourth-order valence-electron chi connectivity index (χ4n) is 13.3. The number of allylic oxidation sites excluding steroid dienone is 3. The molecule has 0 radical (unpaired) electrons. The van der Waals surface area contributed by atoms with Crippen molar-refractivity contribution in [2.24, 2.45) is 56.7 Å². The summed E-state index contributed by atoms with van der Waals surface area (Å²) in [5.41, 5.74) is 5.71. The third-order valence-electron chi connectivity index (χ3n) is 15.8. The van der Waals surface area contributed by atoms with Crippen LogP contribution < -0.4 is 10.6 Å². The number of carboxylic acid groups (broad SMARTS) is 1. The van der Waals surface area contributed by atoms with Crippen molar-refractivity contribution in [3.8, 4) is 0 Å². The average molecular weight is 664 g/mol. The molecule has 3 N–H and O–H groups in total. The topological polar surface area (TPSA) is 91.3 Å². The van der Waals surface area contributed by atoms with Crippen molar-refractivity contribution >= 4 is 23.3 Å². The molecule has 0 bridgehead atoms. The summed E-state index contributed by atoms with van der Waals surface area (Å²) in [4.78, 5) is 28.8. The number of rotatable bonds is 6. The molecule has 9 unspecified atom stereocenters. The first-order valence-electron chi connectivity index (χ1n) is 18.8. The molecule has 9 atom stereocenters. The van der Waals surface area contributed by atoms with Gasteiger partial charge in [-0.05, 0) is 157 Å². The molecule has 1 aromatic carbocycles. The summed E-state index contributed by atoms with van der Waals surface area (Å²) < 4.78 is 0. The molecule has 4 saturated carbocycles. The number of nitrogens with zero attached hydrogens (tertiary/aromatic N) is 1. The van der Waals surface area contributed by atoms with E-state index >= 15 is 0 Å². The zero-order valence-electron chi connectivity index (χ0n) is 30.6. The van der Waals surface area contributed by atoms with Crippen LogP contribution >= 0.6 is 0 Å². The molecule has 49 heavy (non-hydrogen) atoms. The van der Waals surface area contributed by atoms with Crippen LogP contribution in [-0.2, 0) is 0 Å². The molecule has 4 fully saturated rings. The van der Waals surface area contributed by atoms with Crippen molar-refractivity contribution < 1.29 is 14.7 Å². The van der Waals surface area contributed by atoms with E-state index in [4.69, 9.17) is 0 Å². The normalized spacial score (nSPS) is 38.9. The number of nitrogens with one attached hydrogen (secondary N) is 2. The summed E-state index contributed by atoms with van der Waals surface area (Å²) in [6.07, 6.45) is 16.7. The highest BCUT2D eigenvalue weighted by atomic mass is 16.4. The Kier molecular flexibility index (Phi) is 8.23. The molecular weight excluding hydrogens is 606 g/mol. The van der Waals surface area contributed by atoms with Gasteiger partial charge in [0.15, 0.2) is 0 Å². The average Bonchev–Trinajstić information content (AvgIpc) is 3.45. The summed E-state index contributed by atoms with van der Waals surface area (Å²) >= 11 is 0. The summed E-state index contributed by atoms with van der Waals surface area (Å²) in [6, 6.07) is 11.1. The van der Waals surface area contributed by atoms with Gasteiger partial charge in [-0.1, -0.05) is 65.0 Å². The van der Waals surface area contributed by atoms with Crippen LogP contribution in [0.3, 0.4) is 0 Å². The van der Waals surface area contributed by atoms with Gasteiger partial charge in [-0.15, -0.1) is 0 Å². The first-order valence-corrected chi connectivity index (χ1v) is 18.8. The van der Waals surface area contributed by atoms with E-state index in [1.165, 1.54) is 55.2 Å². The molecule has 7 rings (SSSR count). The minimum Gasteiger partial charge on any atom is -0.478 e. The third kappa shape index (κ3) is 5.13. The van der Waals surface area contributed by atoms with Crippen molar-refractivity contribution in [2.45, 2.75) is 99.3 Å². The largest absolute Gasteiger partial charge is 0.478 e. The first-order chi connectivity index (χ1) is 23.2. The molecule has 6 nitrogen and oxygen atoms in total. The van der Waals surface area contributed by atoms with Crippen LogP contribution in [0.5, 0.6) is 0 Å². The van der Waals surface area contributed by atoms with Gasteiger partial charge >= 0.3 is 12.0 Å². The SMILES string of the molecule is C=C(C)C1CCC2(CNC(=O)Nc3cccnc3)CCC3(C)C(CCC4C5(C)CC=C(c6ccc(C(=O)O)cc6)C(C)(C)C5CCC43C)C12. The van der Waals surface area contributed by atoms with Crippen LogP contribution in [0.1, 0.15) is 115 Å². The highest BCUT2D eigenvalue weighted by molar-refractivity contribution is 5.89. The minimum atomic E-state index is -0.874.